The van der Waals surface area contributed by atoms with Crippen molar-refractivity contribution in [2.45, 2.75) is 0 Å². The average Bonchev–Trinajstić information content (AvgIpc) is 2.25. The molecule has 3 nitrogen and oxygen atoms in total. The Morgan fingerprint density at radius 3 is 2.71 bits per heavy atom. The third-order valence-corrected chi connectivity index (χ3v) is 1.72. The predicted molar refractivity (Wildman–Crippen MR) is 52.4 cm³/mol. The summed E-state index contributed by atoms with van der Waals surface area (Å²) in [6.07, 6.45) is 2.91. The van der Waals surface area contributed by atoms with Crippen molar-refractivity contribution in [3.05, 3.63) is 35.4 Å². The lowest BCUT2D eigenvalue weighted by Gasteiger charge is -2.01. The van der Waals surface area contributed by atoms with Crippen molar-refractivity contribution in [1.29, 1.82) is 10.5 Å². The van der Waals surface area contributed by atoms with E-state index in [0.717, 1.165) is 0 Å². The molecule has 1 aromatic rings. The number of allylic oxidation sites excluding steroid dienone is 1. The van der Waals surface area contributed by atoms with Crippen LogP contribution in [0.15, 0.2) is 24.3 Å². The molecule has 1 rings (SSSR count). The smallest absolute Gasteiger partial charge is 0.119 e. The monoisotopic (exact) mass is 184 g/mol. The van der Waals surface area contributed by atoms with Crippen molar-refractivity contribution in [3.63, 3.8) is 0 Å². The molecule has 0 saturated heterocycles. The maximum Gasteiger partial charge on any atom is 0.119 e. The largest absolute Gasteiger partial charge is 0.497 e. The van der Waals surface area contributed by atoms with Gasteiger partial charge in [0, 0.05) is 6.08 Å². The van der Waals surface area contributed by atoms with E-state index in [9.17, 15) is 0 Å². The quantitative estimate of drug-likeness (QED) is 0.661. The lowest BCUT2D eigenvalue weighted by atomic mass is 10.1. The van der Waals surface area contributed by atoms with E-state index in [1.165, 1.54) is 6.08 Å². The number of hydrogen-bond acceptors (Lipinski definition) is 3. The normalized spacial score (nSPS) is 9.36. The van der Waals surface area contributed by atoms with Gasteiger partial charge in [-0.25, -0.2) is 0 Å². The van der Waals surface area contributed by atoms with Crippen LogP contribution < -0.4 is 4.74 Å². The van der Waals surface area contributed by atoms with Crippen LogP contribution in [-0.2, 0) is 0 Å². The summed E-state index contributed by atoms with van der Waals surface area (Å²) in [7, 11) is 1.55. The highest BCUT2D eigenvalue weighted by molar-refractivity contribution is 5.61. The summed E-state index contributed by atoms with van der Waals surface area (Å²) in [5, 5.41) is 17.1. The van der Waals surface area contributed by atoms with Crippen LogP contribution in [0.1, 0.15) is 11.1 Å². The number of methoxy groups -OCH3 is 1. The van der Waals surface area contributed by atoms with E-state index in [0.29, 0.717) is 16.9 Å². The van der Waals surface area contributed by atoms with Crippen LogP contribution in [0, 0.1) is 22.7 Å². The molecule has 0 radical (unpaired) electrons. The second-order valence-electron chi connectivity index (χ2n) is 2.53. The predicted octanol–water partition coefficient (Wildman–Crippen LogP) is 2.10. The van der Waals surface area contributed by atoms with Gasteiger partial charge in [-0.05, 0) is 29.8 Å². The first kappa shape index (κ1) is 9.83. The fourth-order valence-corrected chi connectivity index (χ4v) is 1.03. The summed E-state index contributed by atoms with van der Waals surface area (Å²) in [4.78, 5) is 0. The molecule has 0 fully saturated rings. The Labute approximate surface area is 82.5 Å². The lowest BCUT2D eigenvalue weighted by molar-refractivity contribution is 0.414. The first-order valence-corrected chi connectivity index (χ1v) is 3.96. The molecule has 0 atom stereocenters. The minimum atomic E-state index is 0.525. The van der Waals surface area contributed by atoms with Gasteiger partial charge < -0.3 is 4.74 Å². The second-order valence-corrected chi connectivity index (χ2v) is 2.53. The van der Waals surface area contributed by atoms with Gasteiger partial charge in [-0.3, -0.25) is 0 Å². The molecule has 0 aliphatic rings. The number of ether oxygens (including phenoxy) is 1. The van der Waals surface area contributed by atoms with E-state index < -0.39 is 0 Å². The third kappa shape index (κ3) is 2.12. The third-order valence-electron chi connectivity index (χ3n) is 1.72. The highest BCUT2D eigenvalue weighted by atomic mass is 16.5. The van der Waals surface area contributed by atoms with Crippen molar-refractivity contribution >= 4 is 6.08 Å². The van der Waals surface area contributed by atoms with Crippen LogP contribution in [-0.4, -0.2) is 7.11 Å². The second kappa shape index (κ2) is 4.69. The van der Waals surface area contributed by atoms with Gasteiger partial charge in [0.25, 0.3) is 0 Å². The molecule has 0 spiro atoms. The summed E-state index contributed by atoms with van der Waals surface area (Å²) in [5.41, 5.74) is 1.21. The van der Waals surface area contributed by atoms with Gasteiger partial charge in [0.05, 0.1) is 24.8 Å². The standard InChI is InChI=1S/C11H8N2O/c1-14-11-5-4-10(8-13)9(7-11)3-2-6-12/h2-5,7H,1H3/b3-2+. The molecule has 68 valence electrons. The SMILES string of the molecule is COc1ccc(C#N)c(/C=C/C#N)c1. The number of nitrogens with zero attached hydrogens (tertiary/aromatic N) is 2. The zero-order chi connectivity index (χ0) is 10.4. The first-order valence-electron chi connectivity index (χ1n) is 3.96. The summed E-state index contributed by atoms with van der Waals surface area (Å²) in [6, 6.07) is 9.00. The fourth-order valence-electron chi connectivity index (χ4n) is 1.03. The molecule has 0 amide bonds. The molecule has 3 heteroatoms. The van der Waals surface area contributed by atoms with E-state index >= 15 is 0 Å². The summed E-state index contributed by atoms with van der Waals surface area (Å²) in [6.45, 7) is 0. The molecule has 1 aromatic carbocycles. The lowest BCUT2D eigenvalue weighted by Crippen LogP contribution is -1.86. The molecule has 0 heterocycles. The van der Waals surface area contributed by atoms with Crippen molar-refractivity contribution < 1.29 is 4.74 Å². The van der Waals surface area contributed by atoms with Crippen LogP contribution >= 0.6 is 0 Å². The van der Waals surface area contributed by atoms with Crippen molar-refractivity contribution in [1.82, 2.24) is 0 Å². The minimum absolute atomic E-state index is 0.525. The number of nitriles is 2. The van der Waals surface area contributed by atoms with E-state index in [2.05, 4.69) is 0 Å². The van der Waals surface area contributed by atoms with Gasteiger partial charge in [-0.1, -0.05) is 0 Å². The van der Waals surface area contributed by atoms with Gasteiger partial charge in [-0.15, -0.1) is 0 Å². The van der Waals surface area contributed by atoms with Gasteiger partial charge in [0.2, 0.25) is 0 Å². The Morgan fingerprint density at radius 2 is 2.14 bits per heavy atom. The molecule has 14 heavy (non-hydrogen) atoms. The van der Waals surface area contributed by atoms with Gasteiger partial charge in [-0.2, -0.15) is 10.5 Å². The Balaban J connectivity index is 3.18. The van der Waals surface area contributed by atoms with Crippen molar-refractivity contribution in [2.75, 3.05) is 7.11 Å². The van der Waals surface area contributed by atoms with E-state index in [4.69, 9.17) is 15.3 Å². The first-order chi connectivity index (χ1) is 6.81. The Hall–Kier alpha value is -2.26. The molecule has 0 N–H and O–H groups in total. The zero-order valence-corrected chi connectivity index (χ0v) is 7.69. The van der Waals surface area contributed by atoms with Crippen molar-refractivity contribution in [2.24, 2.45) is 0 Å². The summed E-state index contributed by atoms with van der Waals surface area (Å²) < 4.78 is 5.01. The Kier molecular flexibility index (Phi) is 3.29. The maximum atomic E-state index is 8.77. The van der Waals surface area contributed by atoms with Crippen LogP contribution in [0.4, 0.5) is 0 Å². The number of benzene rings is 1. The van der Waals surface area contributed by atoms with E-state index in [1.807, 2.05) is 12.1 Å². The van der Waals surface area contributed by atoms with Gasteiger partial charge in [0.1, 0.15) is 5.75 Å². The number of hydrogen-bond donors (Lipinski definition) is 0. The van der Waals surface area contributed by atoms with Crippen LogP contribution in [0.2, 0.25) is 0 Å². The molecular formula is C11H8N2O. The fraction of sp³-hybridized carbons (Fsp3) is 0.0909. The van der Waals surface area contributed by atoms with Crippen LogP contribution in [0.5, 0.6) is 5.75 Å². The molecule has 0 aliphatic carbocycles. The number of rotatable bonds is 2. The van der Waals surface area contributed by atoms with Gasteiger partial charge >= 0.3 is 0 Å². The zero-order valence-electron chi connectivity index (χ0n) is 7.69. The topological polar surface area (TPSA) is 56.8 Å². The van der Waals surface area contributed by atoms with E-state index in [1.54, 1.807) is 31.4 Å². The molecule has 0 aromatic heterocycles. The van der Waals surface area contributed by atoms with Gasteiger partial charge in [0.15, 0.2) is 0 Å². The average molecular weight is 184 g/mol. The van der Waals surface area contributed by atoms with Crippen LogP contribution in [0.3, 0.4) is 0 Å². The highest BCUT2D eigenvalue weighted by Crippen LogP contribution is 2.18. The molecule has 0 bridgehead atoms. The minimum Gasteiger partial charge on any atom is -0.497 e. The summed E-state index contributed by atoms with van der Waals surface area (Å²) >= 11 is 0. The Bertz CT molecular complexity index is 436. The van der Waals surface area contributed by atoms with Crippen LogP contribution in [0.25, 0.3) is 6.08 Å². The molecular weight excluding hydrogens is 176 g/mol. The van der Waals surface area contributed by atoms with E-state index in [-0.39, 0.29) is 0 Å². The molecule has 0 unspecified atom stereocenters. The summed E-state index contributed by atoms with van der Waals surface area (Å²) in [5.74, 6) is 0.668. The maximum absolute atomic E-state index is 8.77. The molecule has 0 aliphatic heterocycles. The molecule has 0 saturated carbocycles. The highest BCUT2D eigenvalue weighted by Gasteiger charge is 2.00. The Morgan fingerprint density at radius 1 is 1.36 bits per heavy atom. The van der Waals surface area contributed by atoms with Crippen molar-refractivity contribution in [3.8, 4) is 17.9 Å².